The van der Waals surface area contributed by atoms with Gasteiger partial charge in [-0.25, -0.2) is 4.39 Å². The SMILES string of the molecule is Fc1cccc(CSc2nnc(-c3sc4ccccc4c3Cl)o2)c1. The molecule has 2 heterocycles. The molecule has 0 unspecified atom stereocenters. The van der Waals surface area contributed by atoms with Crippen molar-refractivity contribution >= 4 is 44.8 Å². The first kappa shape index (κ1) is 15.6. The number of hydrogen-bond donors (Lipinski definition) is 0. The molecule has 2 aromatic heterocycles. The Morgan fingerprint density at radius 3 is 2.83 bits per heavy atom. The average molecular weight is 377 g/mol. The zero-order valence-electron chi connectivity index (χ0n) is 12.2. The molecule has 4 aromatic rings. The highest BCUT2D eigenvalue weighted by Gasteiger charge is 2.17. The summed E-state index contributed by atoms with van der Waals surface area (Å²) in [5.74, 6) is 0.707. The fourth-order valence-corrected chi connectivity index (χ4v) is 4.42. The number of thioether (sulfide) groups is 1. The Hall–Kier alpha value is -1.89. The Balaban J connectivity index is 1.56. The van der Waals surface area contributed by atoms with Crippen molar-refractivity contribution in [2.24, 2.45) is 0 Å². The first-order valence-corrected chi connectivity index (χ1v) is 9.27. The van der Waals surface area contributed by atoms with Crippen LogP contribution in [0.3, 0.4) is 0 Å². The quantitative estimate of drug-likeness (QED) is 0.407. The lowest BCUT2D eigenvalue weighted by atomic mass is 10.2. The molecular weight excluding hydrogens is 367 g/mol. The zero-order chi connectivity index (χ0) is 16.5. The maximum atomic E-state index is 13.2. The van der Waals surface area contributed by atoms with E-state index in [1.807, 2.05) is 30.3 Å². The second-order valence-electron chi connectivity index (χ2n) is 5.03. The van der Waals surface area contributed by atoms with Gasteiger partial charge in [0.15, 0.2) is 0 Å². The Kier molecular flexibility index (Phi) is 4.26. The van der Waals surface area contributed by atoms with Gasteiger partial charge in [0.05, 0.1) is 5.02 Å². The average Bonchev–Trinajstić information content (AvgIpc) is 3.18. The molecule has 0 N–H and O–H groups in total. The van der Waals surface area contributed by atoms with Crippen LogP contribution < -0.4 is 0 Å². The Morgan fingerprint density at radius 1 is 1.12 bits per heavy atom. The lowest BCUT2D eigenvalue weighted by Crippen LogP contribution is -1.82. The van der Waals surface area contributed by atoms with E-state index < -0.39 is 0 Å². The van der Waals surface area contributed by atoms with Crippen LogP contribution in [0, 0.1) is 5.82 Å². The minimum Gasteiger partial charge on any atom is -0.410 e. The van der Waals surface area contributed by atoms with Crippen molar-refractivity contribution in [3.63, 3.8) is 0 Å². The summed E-state index contributed by atoms with van der Waals surface area (Å²) >= 11 is 9.31. The minimum atomic E-state index is -0.253. The molecule has 0 radical (unpaired) electrons. The number of aromatic nitrogens is 2. The van der Waals surface area contributed by atoms with Gasteiger partial charge in [-0.1, -0.05) is 53.7 Å². The Morgan fingerprint density at radius 2 is 2.00 bits per heavy atom. The van der Waals surface area contributed by atoms with Gasteiger partial charge in [-0.3, -0.25) is 0 Å². The topological polar surface area (TPSA) is 38.9 Å². The summed E-state index contributed by atoms with van der Waals surface area (Å²) in [6, 6.07) is 14.3. The Bertz CT molecular complexity index is 1010. The number of fused-ring (bicyclic) bond motifs is 1. The monoisotopic (exact) mass is 376 g/mol. The molecule has 24 heavy (non-hydrogen) atoms. The van der Waals surface area contributed by atoms with Crippen molar-refractivity contribution < 1.29 is 8.81 Å². The molecule has 0 fully saturated rings. The van der Waals surface area contributed by atoms with Gasteiger partial charge in [0.1, 0.15) is 10.7 Å². The van der Waals surface area contributed by atoms with Crippen molar-refractivity contribution in [1.82, 2.24) is 10.2 Å². The van der Waals surface area contributed by atoms with Crippen LogP contribution in [0.15, 0.2) is 58.2 Å². The molecule has 0 aliphatic rings. The van der Waals surface area contributed by atoms with E-state index in [2.05, 4.69) is 10.2 Å². The van der Waals surface area contributed by atoms with Crippen LogP contribution in [0.1, 0.15) is 5.56 Å². The normalized spacial score (nSPS) is 11.2. The predicted molar refractivity (Wildman–Crippen MR) is 96.1 cm³/mol. The third kappa shape index (κ3) is 3.05. The van der Waals surface area contributed by atoms with Crippen molar-refractivity contribution in [2.45, 2.75) is 11.0 Å². The fourth-order valence-electron chi connectivity index (χ4n) is 2.28. The molecular formula is C17H10ClFN2OS2. The number of halogens is 2. The van der Waals surface area contributed by atoms with Gasteiger partial charge >= 0.3 is 0 Å². The third-order valence-corrected chi connectivity index (χ3v) is 5.94. The van der Waals surface area contributed by atoms with E-state index in [4.69, 9.17) is 16.0 Å². The van der Waals surface area contributed by atoms with Crippen molar-refractivity contribution in [3.8, 4) is 10.8 Å². The van der Waals surface area contributed by atoms with Crippen LogP contribution in [0.25, 0.3) is 20.9 Å². The summed E-state index contributed by atoms with van der Waals surface area (Å²) in [5.41, 5.74) is 0.861. The third-order valence-electron chi connectivity index (χ3n) is 3.39. The lowest BCUT2D eigenvalue weighted by Gasteiger charge is -1.97. The summed E-state index contributed by atoms with van der Waals surface area (Å²) in [7, 11) is 0. The largest absolute Gasteiger partial charge is 0.410 e. The van der Waals surface area contributed by atoms with Crippen molar-refractivity contribution in [1.29, 1.82) is 0 Å². The lowest BCUT2D eigenvalue weighted by molar-refractivity contribution is 0.467. The summed E-state index contributed by atoms with van der Waals surface area (Å²) < 4.78 is 20.0. The van der Waals surface area contributed by atoms with E-state index in [9.17, 15) is 4.39 Å². The van der Waals surface area contributed by atoms with Crippen LogP contribution in [0.2, 0.25) is 5.02 Å². The van der Waals surface area contributed by atoms with Gasteiger partial charge in [0.2, 0.25) is 0 Å². The van der Waals surface area contributed by atoms with E-state index in [-0.39, 0.29) is 5.82 Å². The van der Waals surface area contributed by atoms with Gasteiger partial charge in [-0.2, -0.15) is 0 Å². The first-order valence-electron chi connectivity index (χ1n) is 7.09. The van der Waals surface area contributed by atoms with E-state index in [0.717, 1.165) is 20.5 Å². The standard InChI is InChI=1S/C17H10ClFN2OS2/c18-14-12-6-1-2-7-13(12)24-15(14)16-20-21-17(22-16)23-9-10-4-3-5-11(19)8-10/h1-8H,9H2. The van der Waals surface area contributed by atoms with E-state index in [0.29, 0.717) is 21.9 Å². The van der Waals surface area contributed by atoms with Crippen LogP contribution in [-0.4, -0.2) is 10.2 Å². The molecule has 0 saturated carbocycles. The molecule has 3 nitrogen and oxygen atoms in total. The summed E-state index contributed by atoms with van der Waals surface area (Å²) in [4.78, 5) is 0.767. The van der Waals surface area contributed by atoms with E-state index in [1.165, 1.54) is 35.2 Å². The zero-order valence-corrected chi connectivity index (χ0v) is 14.6. The molecule has 0 spiro atoms. The van der Waals surface area contributed by atoms with Crippen molar-refractivity contribution in [2.75, 3.05) is 0 Å². The highest BCUT2D eigenvalue weighted by Crippen LogP contribution is 2.41. The molecule has 0 saturated heterocycles. The first-order chi connectivity index (χ1) is 11.7. The molecule has 0 aliphatic heterocycles. The summed E-state index contributed by atoms with van der Waals surface area (Å²) in [6.07, 6.45) is 0. The van der Waals surface area contributed by atoms with Crippen LogP contribution in [0.4, 0.5) is 4.39 Å². The van der Waals surface area contributed by atoms with Crippen LogP contribution in [0.5, 0.6) is 0 Å². The number of benzene rings is 2. The number of rotatable bonds is 4. The van der Waals surface area contributed by atoms with Gasteiger partial charge < -0.3 is 4.42 Å². The smallest absolute Gasteiger partial charge is 0.277 e. The number of thiophene rings is 1. The molecule has 0 bridgehead atoms. The van der Waals surface area contributed by atoms with Gasteiger partial charge in [0, 0.05) is 15.8 Å². The molecule has 4 rings (SSSR count). The minimum absolute atomic E-state index is 0.253. The van der Waals surface area contributed by atoms with Gasteiger partial charge in [0.25, 0.3) is 11.1 Å². The van der Waals surface area contributed by atoms with E-state index >= 15 is 0 Å². The summed E-state index contributed by atoms with van der Waals surface area (Å²) in [5, 5.41) is 10.2. The molecule has 2 aromatic carbocycles. The highest BCUT2D eigenvalue weighted by molar-refractivity contribution is 7.98. The van der Waals surface area contributed by atoms with Crippen LogP contribution in [-0.2, 0) is 5.75 Å². The molecule has 7 heteroatoms. The number of nitrogens with zero attached hydrogens (tertiary/aromatic N) is 2. The summed E-state index contributed by atoms with van der Waals surface area (Å²) in [6.45, 7) is 0. The molecule has 0 aliphatic carbocycles. The molecule has 0 amide bonds. The van der Waals surface area contributed by atoms with Gasteiger partial charge in [-0.15, -0.1) is 21.5 Å². The van der Waals surface area contributed by atoms with Crippen LogP contribution >= 0.6 is 34.7 Å². The predicted octanol–water partition coefficient (Wildman–Crippen LogP) is 6.04. The second kappa shape index (κ2) is 6.55. The van der Waals surface area contributed by atoms with E-state index in [1.54, 1.807) is 6.07 Å². The second-order valence-corrected chi connectivity index (χ2v) is 7.39. The molecule has 0 atom stereocenters. The van der Waals surface area contributed by atoms with Crippen molar-refractivity contribution in [3.05, 3.63) is 64.9 Å². The fraction of sp³-hybridized carbons (Fsp3) is 0.0588. The highest BCUT2D eigenvalue weighted by atomic mass is 35.5. The maximum absolute atomic E-state index is 13.2. The number of hydrogen-bond acceptors (Lipinski definition) is 5. The van der Waals surface area contributed by atoms with Gasteiger partial charge in [-0.05, 0) is 23.8 Å². The Labute approximate surface area is 150 Å². The maximum Gasteiger partial charge on any atom is 0.277 e. The molecule has 120 valence electrons.